The highest BCUT2D eigenvalue weighted by molar-refractivity contribution is 6.31. The van der Waals surface area contributed by atoms with E-state index in [1.165, 1.54) is 0 Å². The number of aryl methyl sites for hydroxylation is 1. The van der Waals surface area contributed by atoms with Gasteiger partial charge in [0.15, 0.2) is 0 Å². The molecule has 0 aromatic heterocycles. The zero-order chi connectivity index (χ0) is 11.4. The summed E-state index contributed by atoms with van der Waals surface area (Å²) in [6.45, 7) is 7.29. The molecule has 0 unspecified atom stereocenters. The molecule has 0 spiro atoms. The van der Waals surface area contributed by atoms with Crippen molar-refractivity contribution in [3.63, 3.8) is 0 Å². The van der Waals surface area contributed by atoms with Gasteiger partial charge in [-0.05, 0) is 36.1 Å². The van der Waals surface area contributed by atoms with Crippen LogP contribution in [0.15, 0.2) is 12.1 Å². The molecule has 0 heterocycles. The highest BCUT2D eigenvalue weighted by Gasteiger charge is 2.10. The summed E-state index contributed by atoms with van der Waals surface area (Å²) < 4.78 is 5.60. The van der Waals surface area contributed by atoms with Gasteiger partial charge in [0.25, 0.3) is 0 Å². The second kappa shape index (κ2) is 7.00. The average molecular weight is 263 g/mol. The van der Waals surface area contributed by atoms with Crippen LogP contribution in [0, 0.1) is 6.92 Å². The van der Waals surface area contributed by atoms with Crippen molar-refractivity contribution in [2.24, 2.45) is 5.73 Å². The van der Waals surface area contributed by atoms with Crippen LogP contribution in [0.3, 0.4) is 0 Å². The predicted octanol–water partition coefficient (Wildman–Crippen LogP) is 0.113. The Morgan fingerprint density at radius 2 is 2.00 bits per heavy atom. The minimum absolute atomic E-state index is 0. The Morgan fingerprint density at radius 1 is 1.38 bits per heavy atom. The standard InChI is InChI=1S/C12H18ClNO.ClH/c1-8(2)10-7-11(13)9(3)6-12(10)15-5-4-14;/h6-8H,4-5,14H2,1-3H3;1H/p-1. The van der Waals surface area contributed by atoms with Crippen LogP contribution in [-0.4, -0.2) is 13.2 Å². The van der Waals surface area contributed by atoms with Crippen LogP contribution in [0.1, 0.15) is 30.9 Å². The van der Waals surface area contributed by atoms with Crippen molar-refractivity contribution in [1.29, 1.82) is 0 Å². The molecule has 92 valence electrons. The third kappa shape index (κ3) is 3.85. The molecule has 0 saturated carbocycles. The van der Waals surface area contributed by atoms with Crippen molar-refractivity contribution < 1.29 is 17.1 Å². The van der Waals surface area contributed by atoms with Crippen LogP contribution in [0.5, 0.6) is 5.75 Å². The van der Waals surface area contributed by atoms with Crippen molar-refractivity contribution in [2.45, 2.75) is 26.7 Å². The first-order valence-corrected chi connectivity index (χ1v) is 5.57. The first-order valence-electron chi connectivity index (χ1n) is 5.19. The SMILES string of the molecule is Cc1cc(OCCN)c(C(C)C)cc1Cl.[Cl-]. The van der Waals surface area contributed by atoms with Gasteiger partial charge in [-0.25, -0.2) is 0 Å². The maximum absolute atomic E-state index is 6.08. The summed E-state index contributed by atoms with van der Waals surface area (Å²) in [4.78, 5) is 0. The molecule has 0 amide bonds. The van der Waals surface area contributed by atoms with Gasteiger partial charge in [0.1, 0.15) is 12.4 Å². The fraction of sp³-hybridized carbons (Fsp3) is 0.500. The molecule has 2 nitrogen and oxygen atoms in total. The summed E-state index contributed by atoms with van der Waals surface area (Å²) in [6, 6.07) is 3.96. The van der Waals surface area contributed by atoms with E-state index in [9.17, 15) is 0 Å². The Hall–Kier alpha value is -0.440. The lowest BCUT2D eigenvalue weighted by Crippen LogP contribution is -3.00. The molecule has 0 aliphatic rings. The van der Waals surface area contributed by atoms with Gasteiger partial charge < -0.3 is 22.9 Å². The first-order chi connectivity index (χ1) is 7.06. The van der Waals surface area contributed by atoms with Crippen LogP contribution in [-0.2, 0) is 0 Å². The number of halogens is 2. The Bertz CT molecular complexity index is 340. The number of nitrogens with two attached hydrogens (primary N) is 1. The molecule has 1 rings (SSSR count). The summed E-state index contributed by atoms with van der Waals surface area (Å²) in [5.74, 6) is 1.30. The molecule has 1 aromatic rings. The van der Waals surface area contributed by atoms with Crippen LogP contribution in [0.2, 0.25) is 5.02 Å². The summed E-state index contributed by atoms with van der Waals surface area (Å²) in [7, 11) is 0. The molecule has 0 radical (unpaired) electrons. The van der Waals surface area contributed by atoms with E-state index in [-0.39, 0.29) is 12.4 Å². The van der Waals surface area contributed by atoms with Crippen molar-refractivity contribution in [3.8, 4) is 5.75 Å². The molecule has 0 atom stereocenters. The highest BCUT2D eigenvalue weighted by Crippen LogP contribution is 2.31. The monoisotopic (exact) mass is 262 g/mol. The summed E-state index contributed by atoms with van der Waals surface area (Å²) in [6.07, 6.45) is 0. The van der Waals surface area contributed by atoms with Crippen molar-refractivity contribution in [3.05, 3.63) is 28.3 Å². The molecule has 16 heavy (non-hydrogen) atoms. The van der Waals surface area contributed by atoms with Gasteiger partial charge in [0.2, 0.25) is 0 Å². The highest BCUT2D eigenvalue weighted by atomic mass is 35.5. The van der Waals surface area contributed by atoms with Gasteiger partial charge in [0.05, 0.1) is 0 Å². The predicted molar refractivity (Wildman–Crippen MR) is 64.8 cm³/mol. The van der Waals surface area contributed by atoms with Crippen molar-refractivity contribution >= 4 is 11.6 Å². The maximum atomic E-state index is 6.08. The molecule has 0 fully saturated rings. The third-order valence-corrected chi connectivity index (χ3v) is 2.70. The molecule has 0 saturated heterocycles. The summed E-state index contributed by atoms with van der Waals surface area (Å²) in [5.41, 5.74) is 7.59. The quantitative estimate of drug-likeness (QED) is 0.837. The molecular formula is C12H18Cl2NO-. The Labute approximate surface area is 109 Å². The van der Waals surface area contributed by atoms with E-state index in [2.05, 4.69) is 13.8 Å². The lowest BCUT2D eigenvalue weighted by Gasteiger charge is -2.15. The third-order valence-electron chi connectivity index (χ3n) is 2.29. The van der Waals surface area contributed by atoms with E-state index in [0.717, 1.165) is 21.9 Å². The topological polar surface area (TPSA) is 35.2 Å². The van der Waals surface area contributed by atoms with E-state index in [4.69, 9.17) is 22.1 Å². The maximum Gasteiger partial charge on any atom is 0.123 e. The van der Waals surface area contributed by atoms with Crippen LogP contribution >= 0.6 is 11.6 Å². The molecule has 0 aliphatic heterocycles. The molecule has 2 N–H and O–H groups in total. The summed E-state index contributed by atoms with van der Waals surface area (Å²) >= 11 is 6.08. The summed E-state index contributed by atoms with van der Waals surface area (Å²) in [5, 5.41) is 0.791. The normalized spacial score (nSPS) is 10.1. The largest absolute Gasteiger partial charge is 1.00 e. The van der Waals surface area contributed by atoms with Gasteiger partial charge in [0, 0.05) is 11.6 Å². The van der Waals surface area contributed by atoms with Crippen LogP contribution in [0.4, 0.5) is 0 Å². The number of hydrogen-bond acceptors (Lipinski definition) is 2. The van der Waals surface area contributed by atoms with Gasteiger partial charge in [-0.1, -0.05) is 25.4 Å². The minimum atomic E-state index is 0. The molecule has 4 heteroatoms. The minimum Gasteiger partial charge on any atom is -1.00 e. The Balaban J connectivity index is 0.00000225. The van der Waals surface area contributed by atoms with Gasteiger partial charge in [-0.2, -0.15) is 0 Å². The lowest BCUT2D eigenvalue weighted by atomic mass is 10.0. The van der Waals surface area contributed by atoms with Gasteiger partial charge in [-0.15, -0.1) is 0 Å². The molecule has 0 bridgehead atoms. The zero-order valence-electron chi connectivity index (χ0n) is 9.89. The fourth-order valence-corrected chi connectivity index (χ4v) is 1.59. The van der Waals surface area contributed by atoms with Gasteiger partial charge in [-0.3, -0.25) is 0 Å². The van der Waals surface area contributed by atoms with Crippen molar-refractivity contribution in [2.75, 3.05) is 13.2 Å². The Kier molecular flexibility index (Phi) is 6.81. The smallest absolute Gasteiger partial charge is 0.123 e. The Morgan fingerprint density at radius 3 is 2.50 bits per heavy atom. The van der Waals surface area contributed by atoms with E-state index in [1.54, 1.807) is 0 Å². The van der Waals surface area contributed by atoms with E-state index in [1.807, 2.05) is 19.1 Å². The number of ether oxygens (including phenoxy) is 1. The number of hydrogen-bond donors (Lipinski definition) is 1. The second-order valence-electron chi connectivity index (χ2n) is 3.93. The molecule has 0 aliphatic carbocycles. The zero-order valence-corrected chi connectivity index (χ0v) is 11.4. The fourth-order valence-electron chi connectivity index (χ4n) is 1.42. The van der Waals surface area contributed by atoms with Crippen LogP contribution in [0.25, 0.3) is 0 Å². The second-order valence-corrected chi connectivity index (χ2v) is 4.34. The van der Waals surface area contributed by atoms with Crippen molar-refractivity contribution in [1.82, 2.24) is 0 Å². The average Bonchev–Trinajstić information content (AvgIpc) is 2.19. The van der Waals surface area contributed by atoms with E-state index < -0.39 is 0 Å². The van der Waals surface area contributed by atoms with E-state index in [0.29, 0.717) is 19.1 Å². The van der Waals surface area contributed by atoms with Crippen LogP contribution < -0.4 is 22.9 Å². The lowest BCUT2D eigenvalue weighted by molar-refractivity contribution is -0.00000375. The molecule has 1 aromatic carbocycles. The number of benzene rings is 1. The van der Waals surface area contributed by atoms with Gasteiger partial charge >= 0.3 is 0 Å². The first kappa shape index (κ1) is 15.6. The molecular weight excluding hydrogens is 245 g/mol. The van der Waals surface area contributed by atoms with E-state index >= 15 is 0 Å². The number of rotatable bonds is 4.